The second-order valence-corrected chi connectivity index (χ2v) is 8.42. The lowest BCUT2D eigenvalue weighted by molar-refractivity contribution is -0.137. The van der Waals surface area contributed by atoms with Crippen LogP contribution in [0.1, 0.15) is 24.8 Å². The van der Waals surface area contributed by atoms with Crippen LogP contribution < -0.4 is 21.1 Å². The van der Waals surface area contributed by atoms with E-state index in [4.69, 9.17) is 15.5 Å². The minimum Gasteiger partial charge on any atom is -0.486 e. The summed E-state index contributed by atoms with van der Waals surface area (Å²) < 4.78 is 44.6. The fraction of sp³-hybridized carbons (Fsp3) is 0.375. The number of benzene rings is 1. The van der Waals surface area contributed by atoms with Crippen molar-refractivity contribution >= 4 is 18.1 Å². The van der Waals surface area contributed by atoms with E-state index in [2.05, 4.69) is 22.2 Å². The number of nitrogens with zero attached hydrogens (tertiary/aromatic N) is 2. The van der Waals surface area contributed by atoms with E-state index >= 15 is 0 Å². The maximum Gasteiger partial charge on any atom is 0.416 e. The van der Waals surface area contributed by atoms with Crippen LogP contribution in [0.4, 0.5) is 13.2 Å². The second kappa shape index (κ2) is 9.84. The van der Waals surface area contributed by atoms with Crippen LogP contribution in [-0.2, 0) is 11.0 Å². The monoisotopic (exact) mass is 473 g/mol. The largest absolute Gasteiger partial charge is 0.486 e. The number of amidine groups is 1. The van der Waals surface area contributed by atoms with E-state index < -0.39 is 24.0 Å². The predicted molar refractivity (Wildman–Crippen MR) is 123 cm³/mol. The van der Waals surface area contributed by atoms with Crippen LogP contribution in [0.2, 0.25) is 0 Å². The molecule has 1 heterocycles. The number of rotatable bonds is 6. The summed E-state index contributed by atoms with van der Waals surface area (Å²) in [5.74, 6) is 0.386. The van der Waals surface area contributed by atoms with Gasteiger partial charge in [-0.1, -0.05) is 24.8 Å². The number of carbonyl (C=O) groups is 1. The molecule has 180 valence electrons. The van der Waals surface area contributed by atoms with Gasteiger partial charge in [-0.05, 0) is 48.8 Å². The van der Waals surface area contributed by atoms with E-state index in [1.165, 1.54) is 24.5 Å². The molecule has 1 saturated carbocycles. The summed E-state index contributed by atoms with van der Waals surface area (Å²) in [6.45, 7) is 3.45. The molecule has 4 rings (SSSR count). The lowest BCUT2D eigenvalue weighted by Gasteiger charge is -2.35. The average molecular weight is 473 g/mol. The molecule has 0 bridgehead atoms. The van der Waals surface area contributed by atoms with E-state index in [1.54, 1.807) is 0 Å². The zero-order valence-corrected chi connectivity index (χ0v) is 18.3. The zero-order chi connectivity index (χ0) is 24.3. The Labute approximate surface area is 195 Å². The van der Waals surface area contributed by atoms with Crippen molar-refractivity contribution < 1.29 is 22.7 Å². The maximum absolute atomic E-state index is 12.9. The van der Waals surface area contributed by atoms with Crippen molar-refractivity contribution in [3.05, 3.63) is 66.3 Å². The summed E-state index contributed by atoms with van der Waals surface area (Å²) in [5.41, 5.74) is 6.43. The van der Waals surface area contributed by atoms with Crippen molar-refractivity contribution in [3.8, 4) is 5.75 Å². The second-order valence-electron chi connectivity index (χ2n) is 8.42. The van der Waals surface area contributed by atoms with E-state index in [0.717, 1.165) is 30.5 Å². The molecule has 0 radical (unpaired) electrons. The fourth-order valence-electron chi connectivity index (χ4n) is 4.12. The Balaban J connectivity index is 1.39. The molecule has 1 amide bonds. The van der Waals surface area contributed by atoms with Crippen LogP contribution in [0.15, 0.2) is 70.7 Å². The van der Waals surface area contributed by atoms with Gasteiger partial charge in [0.2, 0.25) is 5.91 Å². The summed E-state index contributed by atoms with van der Waals surface area (Å²) in [6, 6.07) is 4.98. The van der Waals surface area contributed by atoms with Gasteiger partial charge in [0.1, 0.15) is 23.9 Å². The molecular formula is C24H26F3N5O2. The first-order chi connectivity index (χ1) is 16.2. The molecule has 2 aliphatic carbocycles. The molecule has 0 saturated heterocycles. The Hall–Kier alpha value is -3.40. The van der Waals surface area contributed by atoms with Gasteiger partial charge >= 0.3 is 6.18 Å². The first-order valence-corrected chi connectivity index (χ1v) is 11.0. The van der Waals surface area contributed by atoms with Gasteiger partial charge in [-0.3, -0.25) is 14.8 Å². The number of carbonyl (C=O) groups excluding carboxylic acids is 1. The third-order valence-corrected chi connectivity index (χ3v) is 5.96. The third kappa shape index (κ3) is 5.56. The normalized spacial score (nSPS) is 29.6. The van der Waals surface area contributed by atoms with Crippen molar-refractivity contribution in [1.82, 2.24) is 10.6 Å². The number of halogens is 3. The highest BCUT2D eigenvalue weighted by atomic mass is 19.4. The molecule has 0 aromatic heterocycles. The fourth-order valence-corrected chi connectivity index (χ4v) is 4.12. The number of allylic oxidation sites excluding steroid dienone is 1. The molecule has 3 unspecified atom stereocenters. The van der Waals surface area contributed by atoms with Gasteiger partial charge in [0.15, 0.2) is 0 Å². The lowest BCUT2D eigenvalue weighted by atomic mass is 9.85. The van der Waals surface area contributed by atoms with Gasteiger partial charge in [0.05, 0.1) is 23.9 Å². The minimum absolute atomic E-state index is 0.0592. The van der Waals surface area contributed by atoms with Gasteiger partial charge in [0.25, 0.3) is 0 Å². The SMILES string of the molecule is C=CC(=O)NC1CC(N=C2NC=NC(N)C2C2=CCC(Oc3cccc(C(F)(F)F)c3)C=C2)C1. The molecule has 4 N–H and O–H groups in total. The Kier molecular flexibility index (Phi) is 6.87. The molecule has 1 aromatic carbocycles. The summed E-state index contributed by atoms with van der Waals surface area (Å²) in [4.78, 5) is 20.5. The average Bonchev–Trinajstić information content (AvgIpc) is 2.78. The molecule has 10 heteroatoms. The maximum atomic E-state index is 12.9. The van der Waals surface area contributed by atoms with Crippen molar-refractivity contribution in [2.75, 3.05) is 0 Å². The molecule has 0 spiro atoms. The number of hydrogen-bond donors (Lipinski definition) is 3. The highest BCUT2D eigenvalue weighted by Crippen LogP contribution is 2.33. The molecular weight excluding hydrogens is 447 g/mol. The summed E-state index contributed by atoms with van der Waals surface area (Å²) >= 11 is 0. The molecule has 7 nitrogen and oxygen atoms in total. The molecule has 1 aliphatic heterocycles. The zero-order valence-electron chi connectivity index (χ0n) is 18.3. The highest BCUT2D eigenvalue weighted by molar-refractivity contribution is 5.98. The Morgan fingerprint density at radius 3 is 2.82 bits per heavy atom. The number of hydrogen-bond acceptors (Lipinski definition) is 5. The van der Waals surface area contributed by atoms with Gasteiger partial charge in [-0.15, -0.1) is 0 Å². The summed E-state index contributed by atoms with van der Waals surface area (Å²) in [6.07, 6.45) is 4.99. The molecule has 1 aromatic rings. The molecule has 3 atom stereocenters. The van der Waals surface area contributed by atoms with E-state index in [-0.39, 0.29) is 29.7 Å². The number of aliphatic imine (C=N–C) groups is 2. The molecule has 1 fully saturated rings. The van der Waals surface area contributed by atoms with Crippen molar-refractivity contribution in [2.45, 2.75) is 49.8 Å². The van der Waals surface area contributed by atoms with E-state index in [0.29, 0.717) is 12.3 Å². The van der Waals surface area contributed by atoms with Crippen LogP contribution in [0.5, 0.6) is 5.75 Å². The van der Waals surface area contributed by atoms with Crippen molar-refractivity contribution in [1.29, 1.82) is 0 Å². The Morgan fingerprint density at radius 1 is 1.35 bits per heavy atom. The van der Waals surface area contributed by atoms with Gasteiger partial charge < -0.3 is 21.1 Å². The van der Waals surface area contributed by atoms with Gasteiger partial charge in [-0.2, -0.15) is 13.2 Å². The Morgan fingerprint density at radius 2 is 2.15 bits per heavy atom. The number of ether oxygens (including phenoxy) is 1. The van der Waals surface area contributed by atoms with E-state index in [1.807, 2.05) is 18.2 Å². The van der Waals surface area contributed by atoms with Crippen LogP contribution in [0.3, 0.4) is 0 Å². The van der Waals surface area contributed by atoms with Gasteiger partial charge in [0, 0.05) is 12.5 Å². The summed E-state index contributed by atoms with van der Waals surface area (Å²) in [7, 11) is 0. The summed E-state index contributed by atoms with van der Waals surface area (Å²) in [5, 5.41) is 5.95. The van der Waals surface area contributed by atoms with Crippen molar-refractivity contribution in [3.63, 3.8) is 0 Å². The smallest absolute Gasteiger partial charge is 0.416 e. The first-order valence-electron chi connectivity index (χ1n) is 11.0. The van der Waals surface area contributed by atoms with Crippen LogP contribution in [0.25, 0.3) is 0 Å². The Bertz CT molecular complexity index is 1060. The topological polar surface area (TPSA) is 101 Å². The van der Waals surface area contributed by atoms with Crippen LogP contribution in [-0.4, -0.2) is 42.4 Å². The lowest BCUT2D eigenvalue weighted by Crippen LogP contribution is -2.49. The van der Waals surface area contributed by atoms with E-state index in [9.17, 15) is 18.0 Å². The number of nitrogens with two attached hydrogens (primary N) is 1. The molecule has 3 aliphatic rings. The van der Waals surface area contributed by atoms with Crippen molar-refractivity contribution in [2.24, 2.45) is 21.6 Å². The number of alkyl halides is 3. The van der Waals surface area contributed by atoms with Gasteiger partial charge in [-0.25, -0.2) is 0 Å². The first kappa shape index (κ1) is 23.7. The quantitative estimate of drug-likeness (QED) is 0.553. The third-order valence-electron chi connectivity index (χ3n) is 5.96. The number of nitrogens with one attached hydrogen (secondary N) is 2. The van der Waals surface area contributed by atoms with Crippen LogP contribution >= 0.6 is 0 Å². The number of amides is 1. The predicted octanol–water partition coefficient (Wildman–Crippen LogP) is 3.10. The standard InChI is InChI=1S/C24H26F3N5O2/c1-2-20(33)31-16-11-17(12-16)32-23-21(22(28)29-13-30-23)14-6-8-18(9-7-14)34-19-5-3-4-15(10-19)24(25,26)27/h2-8,10,13,16-18,21-22H,1,9,11-12,28H2,(H,31,33)(H,29,30,32). The molecule has 34 heavy (non-hydrogen) atoms. The van der Waals surface area contributed by atoms with Crippen LogP contribution in [0, 0.1) is 5.92 Å². The minimum atomic E-state index is -4.42. The highest BCUT2D eigenvalue weighted by Gasteiger charge is 2.34.